The molecule has 0 aliphatic heterocycles. The first kappa shape index (κ1) is 16.0. The normalized spacial score (nSPS) is 16.1. The van der Waals surface area contributed by atoms with Crippen molar-refractivity contribution in [1.29, 1.82) is 0 Å². The van der Waals surface area contributed by atoms with Crippen molar-refractivity contribution in [3.05, 3.63) is 35.9 Å². The van der Waals surface area contributed by atoms with Crippen LogP contribution in [0.3, 0.4) is 0 Å². The van der Waals surface area contributed by atoms with E-state index in [0.29, 0.717) is 6.42 Å². The smallest absolute Gasteiger partial charge is 0.221 e. The Morgan fingerprint density at radius 3 is 2.47 bits per heavy atom. The molecule has 0 bridgehead atoms. The van der Waals surface area contributed by atoms with Gasteiger partial charge in [0.15, 0.2) is 0 Å². The highest BCUT2D eigenvalue weighted by molar-refractivity contribution is 5.85. The third kappa shape index (κ3) is 4.51. The first-order valence-corrected chi connectivity index (χ1v) is 6.74. The zero-order valence-corrected chi connectivity index (χ0v) is 12.3. The predicted molar refractivity (Wildman–Crippen MR) is 80.7 cm³/mol. The molecule has 4 heteroatoms. The van der Waals surface area contributed by atoms with Gasteiger partial charge < -0.3 is 10.6 Å². The fourth-order valence-electron chi connectivity index (χ4n) is 2.53. The summed E-state index contributed by atoms with van der Waals surface area (Å²) in [6.07, 6.45) is 4.95. The number of nitrogens with one attached hydrogen (secondary N) is 2. The number of hydrogen-bond donors (Lipinski definition) is 2. The van der Waals surface area contributed by atoms with Crippen molar-refractivity contribution in [2.75, 3.05) is 13.6 Å². The summed E-state index contributed by atoms with van der Waals surface area (Å²) in [7, 11) is 1.87. The Balaban J connectivity index is 0.00000180. The Kier molecular flexibility index (Phi) is 6.32. The summed E-state index contributed by atoms with van der Waals surface area (Å²) in [5.41, 5.74) is 1.33. The van der Waals surface area contributed by atoms with E-state index in [2.05, 4.69) is 34.9 Å². The molecular weight excluding hydrogens is 260 g/mol. The van der Waals surface area contributed by atoms with Crippen molar-refractivity contribution in [2.24, 2.45) is 0 Å². The molecule has 3 nitrogen and oxygen atoms in total. The van der Waals surface area contributed by atoms with E-state index in [0.717, 1.165) is 25.8 Å². The first-order valence-electron chi connectivity index (χ1n) is 6.74. The topological polar surface area (TPSA) is 41.1 Å². The number of benzene rings is 1. The van der Waals surface area contributed by atoms with Crippen LogP contribution in [0.2, 0.25) is 0 Å². The third-order valence-corrected chi connectivity index (χ3v) is 3.70. The Labute approximate surface area is 121 Å². The van der Waals surface area contributed by atoms with Gasteiger partial charge in [-0.15, -0.1) is 12.4 Å². The van der Waals surface area contributed by atoms with Gasteiger partial charge in [-0.3, -0.25) is 4.79 Å². The molecule has 0 unspecified atom stereocenters. The molecule has 0 aromatic heterocycles. The minimum Gasteiger partial charge on any atom is -0.350 e. The SMILES string of the molecule is CNCCC(=O)NC1(Cc2ccccc2)CCC1.Cl. The second-order valence-electron chi connectivity index (χ2n) is 5.20. The molecular formula is C15H23ClN2O. The number of rotatable bonds is 6. The predicted octanol–water partition coefficient (Wildman–Crippen LogP) is 2.30. The first-order chi connectivity index (χ1) is 8.74. The van der Waals surface area contributed by atoms with Crippen LogP contribution < -0.4 is 10.6 Å². The summed E-state index contributed by atoms with van der Waals surface area (Å²) in [4.78, 5) is 11.8. The molecule has 1 aromatic carbocycles. The maximum absolute atomic E-state index is 11.8. The van der Waals surface area contributed by atoms with Gasteiger partial charge in [0.05, 0.1) is 0 Å². The van der Waals surface area contributed by atoms with Crippen LogP contribution >= 0.6 is 12.4 Å². The van der Waals surface area contributed by atoms with Crippen LogP contribution in [0.15, 0.2) is 30.3 Å². The molecule has 0 radical (unpaired) electrons. The van der Waals surface area contributed by atoms with E-state index in [4.69, 9.17) is 0 Å². The number of halogens is 1. The highest BCUT2D eigenvalue weighted by Crippen LogP contribution is 2.35. The summed E-state index contributed by atoms with van der Waals surface area (Å²) in [6.45, 7) is 0.743. The maximum atomic E-state index is 11.8. The lowest BCUT2D eigenvalue weighted by atomic mass is 9.72. The van der Waals surface area contributed by atoms with Crippen LogP contribution in [0.5, 0.6) is 0 Å². The lowest BCUT2D eigenvalue weighted by molar-refractivity contribution is -0.124. The summed E-state index contributed by atoms with van der Waals surface area (Å²) in [5.74, 6) is 0.167. The second kappa shape index (κ2) is 7.51. The van der Waals surface area contributed by atoms with E-state index in [-0.39, 0.29) is 23.9 Å². The maximum Gasteiger partial charge on any atom is 0.221 e. The van der Waals surface area contributed by atoms with Gasteiger partial charge in [0.1, 0.15) is 0 Å². The van der Waals surface area contributed by atoms with Crippen LogP contribution in [0.1, 0.15) is 31.2 Å². The Hall–Kier alpha value is -1.06. The molecule has 0 heterocycles. The van der Waals surface area contributed by atoms with Gasteiger partial charge in [-0.25, -0.2) is 0 Å². The van der Waals surface area contributed by atoms with Crippen LogP contribution in [0.4, 0.5) is 0 Å². The van der Waals surface area contributed by atoms with Gasteiger partial charge in [-0.05, 0) is 38.3 Å². The zero-order chi connectivity index (χ0) is 12.8. The molecule has 1 amide bonds. The van der Waals surface area contributed by atoms with Gasteiger partial charge in [0.2, 0.25) is 5.91 Å². The van der Waals surface area contributed by atoms with E-state index in [1.807, 2.05) is 13.1 Å². The summed E-state index contributed by atoms with van der Waals surface area (Å²) in [5, 5.41) is 6.24. The molecule has 1 saturated carbocycles. The molecule has 106 valence electrons. The number of amides is 1. The molecule has 0 atom stereocenters. The Morgan fingerprint density at radius 1 is 1.26 bits per heavy atom. The monoisotopic (exact) mass is 282 g/mol. The molecule has 2 rings (SSSR count). The molecule has 1 aliphatic rings. The van der Waals surface area contributed by atoms with Crippen molar-refractivity contribution >= 4 is 18.3 Å². The van der Waals surface area contributed by atoms with Crippen LogP contribution in [0, 0.1) is 0 Å². The molecule has 0 saturated heterocycles. The minimum absolute atomic E-state index is 0. The van der Waals surface area contributed by atoms with E-state index in [1.165, 1.54) is 12.0 Å². The van der Waals surface area contributed by atoms with E-state index >= 15 is 0 Å². The minimum atomic E-state index is 0. The molecule has 1 aromatic rings. The summed E-state index contributed by atoms with van der Waals surface area (Å²) < 4.78 is 0. The van der Waals surface area contributed by atoms with E-state index in [1.54, 1.807) is 0 Å². The van der Waals surface area contributed by atoms with Crippen LogP contribution in [-0.4, -0.2) is 25.0 Å². The molecule has 19 heavy (non-hydrogen) atoms. The quantitative estimate of drug-likeness (QED) is 0.841. The fourth-order valence-corrected chi connectivity index (χ4v) is 2.53. The van der Waals surface area contributed by atoms with Crippen molar-refractivity contribution in [2.45, 2.75) is 37.6 Å². The number of carbonyl (C=O) groups is 1. The summed E-state index contributed by atoms with van der Waals surface area (Å²) >= 11 is 0. The average Bonchev–Trinajstić information content (AvgIpc) is 2.35. The van der Waals surface area contributed by atoms with Crippen LogP contribution in [-0.2, 0) is 11.2 Å². The van der Waals surface area contributed by atoms with Crippen molar-refractivity contribution in [1.82, 2.24) is 10.6 Å². The standard InChI is InChI=1S/C15H22N2O.ClH/c1-16-11-8-14(18)17-15(9-5-10-15)12-13-6-3-2-4-7-13;/h2-4,6-7,16H,5,8-12H2,1H3,(H,17,18);1H. The van der Waals surface area contributed by atoms with E-state index in [9.17, 15) is 4.79 Å². The largest absolute Gasteiger partial charge is 0.350 e. The van der Waals surface area contributed by atoms with Gasteiger partial charge in [0, 0.05) is 18.5 Å². The third-order valence-electron chi connectivity index (χ3n) is 3.70. The molecule has 1 aliphatic carbocycles. The van der Waals surface area contributed by atoms with Crippen molar-refractivity contribution in [3.63, 3.8) is 0 Å². The average molecular weight is 283 g/mol. The summed E-state index contributed by atoms with van der Waals surface area (Å²) in [6, 6.07) is 10.4. The fraction of sp³-hybridized carbons (Fsp3) is 0.533. The lowest BCUT2D eigenvalue weighted by Crippen LogP contribution is -2.55. The van der Waals surface area contributed by atoms with Crippen LogP contribution in [0.25, 0.3) is 0 Å². The van der Waals surface area contributed by atoms with Crippen molar-refractivity contribution < 1.29 is 4.79 Å². The highest BCUT2D eigenvalue weighted by atomic mass is 35.5. The van der Waals surface area contributed by atoms with Gasteiger partial charge in [-0.2, -0.15) is 0 Å². The van der Waals surface area contributed by atoms with Crippen molar-refractivity contribution in [3.8, 4) is 0 Å². The van der Waals surface area contributed by atoms with Gasteiger partial charge in [0.25, 0.3) is 0 Å². The van der Waals surface area contributed by atoms with Gasteiger partial charge in [-0.1, -0.05) is 30.3 Å². The molecule has 1 fully saturated rings. The highest BCUT2D eigenvalue weighted by Gasteiger charge is 2.37. The Morgan fingerprint density at radius 2 is 1.95 bits per heavy atom. The van der Waals surface area contributed by atoms with E-state index < -0.39 is 0 Å². The Bertz CT molecular complexity index is 390. The second-order valence-corrected chi connectivity index (χ2v) is 5.20. The zero-order valence-electron chi connectivity index (χ0n) is 11.4. The lowest BCUT2D eigenvalue weighted by Gasteiger charge is -2.43. The number of carbonyl (C=O) groups excluding carboxylic acids is 1. The number of hydrogen-bond acceptors (Lipinski definition) is 2. The van der Waals surface area contributed by atoms with Gasteiger partial charge >= 0.3 is 0 Å². The molecule has 2 N–H and O–H groups in total. The molecule has 0 spiro atoms.